The number of thiocarbonyl (C=S) groups is 1. The summed E-state index contributed by atoms with van der Waals surface area (Å²) in [6.45, 7) is 4.24. The lowest BCUT2D eigenvalue weighted by Crippen LogP contribution is -2.28. The number of hydrogen-bond acceptors (Lipinski definition) is 5. The first-order chi connectivity index (χ1) is 19.5. The van der Waals surface area contributed by atoms with Gasteiger partial charge in [-0.25, -0.2) is 0 Å². The number of anilines is 2. The second kappa shape index (κ2) is 12.4. The van der Waals surface area contributed by atoms with Gasteiger partial charge >= 0.3 is 6.36 Å². The third-order valence-electron chi connectivity index (χ3n) is 6.29. The minimum Gasteiger partial charge on any atom is -0.406 e. The summed E-state index contributed by atoms with van der Waals surface area (Å²) in [7, 11) is 5.23. The molecule has 2 N–H and O–H groups in total. The summed E-state index contributed by atoms with van der Waals surface area (Å²) < 4.78 is 43.3. The number of halogens is 3. The monoisotopic (exact) mass is 581 g/mol. The van der Waals surface area contributed by atoms with Gasteiger partial charge < -0.3 is 15.0 Å². The molecule has 0 aliphatic heterocycles. The molecule has 0 amide bonds. The Labute approximate surface area is 241 Å². The van der Waals surface area contributed by atoms with Gasteiger partial charge in [-0.2, -0.15) is 10.2 Å². The Morgan fingerprint density at radius 1 is 1.10 bits per heavy atom. The zero-order valence-corrected chi connectivity index (χ0v) is 24.0. The fourth-order valence-corrected chi connectivity index (χ4v) is 4.52. The van der Waals surface area contributed by atoms with Gasteiger partial charge in [0.05, 0.1) is 11.7 Å². The molecule has 1 aromatic heterocycles. The number of aliphatic imine (C=N–C) groups is 1. The number of para-hydroxylation sites is 1. The molecule has 4 aromatic rings. The maximum absolute atomic E-state index is 12.5. The number of nitrogens with one attached hydrogen (secondary N) is 2. The molecule has 0 fully saturated rings. The molecule has 0 spiro atoms. The minimum atomic E-state index is -4.75. The highest BCUT2D eigenvalue weighted by molar-refractivity contribution is 7.80. The second-order valence-corrected chi connectivity index (χ2v) is 9.87. The summed E-state index contributed by atoms with van der Waals surface area (Å²) in [4.78, 5) is 6.17. The quantitative estimate of drug-likeness (QED) is 0.113. The molecule has 8 nitrogen and oxygen atoms in total. The van der Waals surface area contributed by atoms with Crippen LogP contribution in [0.4, 0.5) is 24.5 Å². The van der Waals surface area contributed by atoms with E-state index in [0.29, 0.717) is 28.2 Å². The Morgan fingerprint density at radius 3 is 2.46 bits per heavy atom. The number of rotatable bonds is 7. The van der Waals surface area contributed by atoms with Gasteiger partial charge in [0.25, 0.3) is 0 Å². The number of alkyl halides is 3. The summed E-state index contributed by atoms with van der Waals surface area (Å²) in [5, 5.41) is 13.4. The van der Waals surface area contributed by atoms with E-state index in [4.69, 9.17) is 12.2 Å². The molecule has 0 saturated heterocycles. The summed E-state index contributed by atoms with van der Waals surface area (Å²) in [6.07, 6.45) is -3.08. The zero-order chi connectivity index (χ0) is 29.7. The predicted molar refractivity (Wildman–Crippen MR) is 162 cm³/mol. The van der Waals surface area contributed by atoms with E-state index in [9.17, 15) is 13.2 Å². The molecule has 41 heavy (non-hydrogen) atoms. The summed E-state index contributed by atoms with van der Waals surface area (Å²) >= 11 is 5.41. The highest BCUT2D eigenvalue weighted by Gasteiger charge is 2.31. The van der Waals surface area contributed by atoms with Crippen molar-refractivity contribution in [1.82, 2.24) is 15.2 Å². The third kappa shape index (κ3) is 7.20. The molecule has 0 aliphatic rings. The molecule has 0 saturated carbocycles. The fraction of sp³-hybridized carbons (Fsp3) is 0.241. The van der Waals surface area contributed by atoms with Crippen LogP contribution in [0.5, 0.6) is 5.75 Å². The zero-order valence-electron chi connectivity index (χ0n) is 23.2. The first-order valence-electron chi connectivity index (χ1n) is 12.7. The molecule has 1 heterocycles. The van der Waals surface area contributed by atoms with Gasteiger partial charge in [-0.15, -0.1) is 13.2 Å². The van der Waals surface area contributed by atoms with Crippen LogP contribution in [0, 0.1) is 0 Å². The van der Waals surface area contributed by atoms with Gasteiger partial charge in [0.1, 0.15) is 11.4 Å². The fourth-order valence-electron chi connectivity index (χ4n) is 4.36. The highest BCUT2D eigenvalue weighted by atomic mass is 32.1. The smallest absolute Gasteiger partial charge is 0.406 e. The van der Waals surface area contributed by atoms with Crippen LogP contribution in [0.15, 0.2) is 76.8 Å². The Bertz CT molecular complexity index is 1590. The van der Waals surface area contributed by atoms with Crippen molar-refractivity contribution < 1.29 is 17.9 Å². The Balaban J connectivity index is 1.49. The second-order valence-electron chi connectivity index (χ2n) is 9.46. The van der Waals surface area contributed by atoms with E-state index in [0.717, 1.165) is 27.7 Å². The molecule has 0 atom stereocenters. The Kier molecular flexibility index (Phi) is 8.92. The number of amidine groups is 1. The van der Waals surface area contributed by atoms with E-state index in [2.05, 4.69) is 50.6 Å². The maximum atomic E-state index is 12.5. The molecule has 12 heteroatoms. The number of hydrogen-bond donors (Lipinski definition) is 2. The van der Waals surface area contributed by atoms with Gasteiger partial charge in [0, 0.05) is 37.9 Å². The largest absolute Gasteiger partial charge is 0.573 e. The number of fused-ring (bicyclic) bond motifs is 1. The number of ether oxygens (including phenoxy) is 1. The number of aromatic nitrogens is 2. The number of aryl methyl sites for hydroxylation is 1. The number of benzene rings is 3. The Morgan fingerprint density at radius 2 is 1.80 bits per heavy atom. The first-order valence-corrected chi connectivity index (χ1v) is 13.1. The topological polar surface area (TPSA) is 79.1 Å². The molecule has 3 aromatic carbocycles. The maximum Gasteiger partial charge on any atom is 0.573 e. The van der Waals surface area contributed by atoms with E-state index >= 15 is 0 Å². The first kappa shape index (κ1) is 29.5. The van der Waals surface area contributed by atoms with Gasteiger partial charge in [0.2, 0.25) is 0 Å². The van der Waals surface area contributed by atoms with Gasteiger partial charge in [-0.05, 0) is 71.7 Å². The summed E-state index contributed by atoms with van der Waals surface area (Å²) in [5.74, 6) is 0.590. The van der Waals surface area contributed by atoms with Crippen molar-refractivity contribution in [2.75, 3.05) is 24.3 Å². The van der Waals surface area contributed by atoms with E-state index < -0.39 is 6.36 Å². The Hall–Kier alpha value is -4.45. The molecule has 0 bridgehead atoms. The molecule has 0 aliphatic carbocycles. The highest BCUT2D eigenvalue weighted by Crippen LogP contribution is 2.27. The van der Waals surface area contributed by atoms with E-state index in [-0.39, 0.29) is 5.75 Å². The van der Waals surface area contributed by atoms with Crippen molar-refractivity contribution in [3.05, 3.63) is 83.6 Å². The predicted octanol–water partition coefficient (Wildman–Crippen LogP) is 6.43. The van der Waals surface area contributed by atoms with Crippen molar-refractivity contribution >= 4 is 51.7 Å². The normalized spacial score (nSPS) is 12.3. The van der Waals surface area contributed by atoms with Crippen LogP contribution < -0.4 is 20.4 Å². The van der Waals surface area contributed by atoms with Gasteiger partial charge in [-0.1, -0.05) is 38.1 Å². The van der Waals surface area contributed by atoms with Crippen LogP contribution in [-0.2, 0) is 7.05 Å². The van der Waals surface area contributed by atoms with Crippen LogP contribution >= 0.6 is 12.2 Å². The molecular weight excluding hydrogens is 551 g/mol. The molecule has 0 radical (unpaired) electrons. The third-order valence-corrected chi connectivity index (χ3v) is 6.48. The summed E-state index contributed by atoms with van der Waals surface area (Å²) in [6, 6.07) is 19.3. The van der Waals surface area contributed by atoms with E-state index in [1.54, 1.807) is 29.9 Å². The minimum absolute atomic E-state index is 0.298. The lowest BCUT2D eigenvalue weighted by atomic mass is 10.0. The standard InChI is InChI=1S/C29H30F3N7OS/c1-18(2)22-8-6-7-9-24(22)35-28(41)36-34-17-19-10-15-23-25(16-19)39(5)37-26(23)27(33-3)38(4)20-11-13-21(14-12-20)40-29(30,31)32/h6-18H,1-5H3,(H2,35,36,41)/b33-27?,34-17-. The lowest BCUT2D eigenvalue weighted by molar-refractivity contribution is -0.274. The molecule has 214 valence electrons. The SMILES string of the molecule is CN=C(c1nn(C)c2cc(/C=N\NC(=S)Nc3ccccc3C(C)C)ccc12)N(C)c1ccc(OC(F)(F)F)cc1. The number of nitrogens with zero attached hydrogens (tertiary/aromatic N) is 5. The van der Waals surface area contributed by atoms with Crippen molar-refractivity contribution in [2.45, 2.75) is 26.1 Å². The van der Waals surface area contributed by atoms with Crippen molar-refractivity contribution in [2.24, 2.45) is 17.1 Å². The number of hydrazone groups is 1. The van der Waals surface area contributed by atoms with E-state index in [1.807, 2.05) is 43.4 Å². The van der Waals surface area contributed by atoms with Crippen LogP contribution in [-0.4, -0.2) is 47.4 Å². The van der Waals surface area contributed by atoms with Crippen LogP contribution in [0.2, 0.25) is 0 Å². The average Bonchev–Trinajstić information content (AvgIpc) is 3.24. The molecule has 0 unspecified atom stereocenters. The van der Waals surface area contributed by atoms with Crippen molar-refractivity contribution in [1.29, 1.82) is 0 Å². The van der Waals surface area contributed by atoms with Crippen LogP contribution in [0.25, 0.3) is 10.9 Å². The van der Waals surface area contributed by atoms with Crippen molar-refractivity contribution in [3.8, 4) is 5.75 Å². The summed E-state index contributed by atoms with van der Waals surface area (Å²) in [5.41, 5.74) is 7.87. The van der Waals surface area contributed by atoms with Crippen molar-refractivity contribution in [3.63, 3.8) is 0 Å². The molecular formula is C29H30F3N7OS. The van der Waals surface area contributed by atoms with Gasteiger partial charge in [0.15, 0.2) is 10.9 Å². The molecule has 4 rings (SSSR count). The van der Waals surface area contributed by atoms with Gasteiger partial charge in [-0.3, -0.25) is 15.1 Å². The van der Waals surface area contributed by atoms with E-state index in [1.165, 1.54) is 24.3 Å². The van der Waals surface area contributed by atoms with Crippen LogP contribution in [0.1, 0.15) is 36.6 Å². The van der Waals surface area contributed by atoms with Crippen LogP contribution in [0.3, 0.4) is 0 Å². The lowest BCUT2D eigenvalue weighted by Gasteiger charge is -2.20. The average molecular weight is 582 g/mol.